The minimum atomic E-state index is -0.00902. The molecule has 0 saturated carbocycles. The van der Waals surface area contributed by atoms with Crippen LogP contribution in [0.5, 0.6) is 5.75 Å². The van der Waals surface area contributed by atoms with Crippen molar-refractivity contribution in [1.82, 2.24) is 14.9 Å². The lowest BCUT2D eigenvalue weighted by atomic mass is 10.1. The molecule has 2 aromatic rings. The molecule has 9 heteroatoms. The minimum Gasteiger partial charge on any atom is -0.495 e. The van der Waals surface area contributed by atoms with Gasteiger partial charge in [-0.05, 0) is 31.0 Å². The number of methoxy groups -OCH3 is 1. The third-order valence-corrected chi connectivity index (χ3v) is 5.28. The van der Waals surface area contributed by atoms with Crippen LogP contribution in [0.1, 0.15) is 23.2 Å². The molecule has 2 N–H and O–H groups in total. The van der Waals surface area contributed by atoms with E-state index >= 15 is 0 Å². The quantitative estimate of drug-likeness (QED) is 0.793. The number of ether oxygens (including phenoxy) is 2. The molecule has 0 spiro atoms. The largest absolute Gasteiger partial charge is 0.495 e. The van der Waals surface area contributed by atoms with Gasteiger partial charge in [0.15, 0.2) is 0 Å². The molecular weight excluding hydrogens is 382 g/mol. The Morgan fingerprint density at radius 1 is 1.32 bits per heavy atom. The summed E-state index contributed by atoms with van der Waals surface area (Å²) in [6.07, 6.45) is 3.88. The first-order chi connectivity index (χ1) is 13.6. The Balaban J connectivity index is 1.53. The van der Waals surface area contributed by atoms with E-state index in [1.807, 2.05) is 4.90 Å². The van der Waals surface area contributed by atoms with E-state index in [-0.39, 0.29) is 18.1 Å². The molecule has 1 aromatic carbocycles. The number of nitrogens with zero attached hydrogens (tertiary/aromatic N) is 3. The van der Waals surface area contributed by atoms with Crippen LogP contribution in [0, 0.1) is 0 Å². The number of rotatable bonds is 5. The van der Waals surface area contributed by atoms with Crippen molar-refractivity contribution in [3.8, 4) is 5.75 Å². The van der Waals surface area contributed by atoms with Gasteiger partial charge in [-0.1, -0.05) is 11.6 Å². The number of amides is 1. The Morgan fingerprint density at radius 2 is 2.07 bits per heavy atom. The zero-order valence-electron chi connectivity index (χ0n) is 15.7. The highest BCUT2D eigenvalue weighted by Crippen LogP contribution is 2.31. The van der Waals surface area contributed by atoms with Gasteiger partial charge in [-0.25, -0.2) is 4.98 Å². The Kier molecular flexibility index (Phi) is 5.23. The van der Waals surface area contributed by atoms with E-state index in [0.29, 0.717) is 46.9 Å². The van der Waals surface area contributed by atoms with E-state index in [9.17, 15) is 4.79 Å². The van der Waals surface area contributed by atoms with Gasteiger partial charge in [0.25, 0.3) is 5.91 Å². The molecule has 2 bridgehead atoms. The number of morpholine rings is 1. The molecule has 2 unspecified atom stereocenters. The molecule has 4 rings (SSSR count). The molecule has 0 radical (unpaired) electrons. The molecule has 2 aliphatic heterocycles. The summed E-state index contributed by atoms with van der Waals surface area (Å²) in [4.78, 5) is 23.3. The van der Waals surface area contributed by atoms with Crippen molar-refractivity contribution in [1.29, 1.82) is 0 Å². The summed E-state index contributed by atoms with van der Waals surface area (Å²) >= 11 is 6.02. The number of benzene rings is 1. The van der Waals surface area contributed by atoms with Crippen molar-refractivity contribution in [2.45, 2.75) is 25.0 Å². The first-order valence-electron chi connectivity index (χ1n) is 9.17. The Hall–Kier alpha value is -2.58. The average molecular weight is 404 g/mol. The highest BCUT2D eigenvalue weighted by molar-refractivity contribution is 6.32. The van der Waals surface area contributed by atoms with Crippen molar-refractivity contribution in [2.24, 2.45) is 0 Å². The first kappa shape index (κ1) is 18.8. The molecule has 2 aliphatic rings. The molecule has 8 nitrogen and oxygen atoms in total. The van der Waals surface area contributed by atoms with Gasteiger partial charge >= 0.3 is 0 Å². The second-order valence-corrected chi connectivity index (χ2v) is 7.26. The lowest BCUT2D eigenvalue weighted by Crippen LogP contribution is -2.45. The van der Waals surface area contributed by atoms with Crippen LogP contribution in [-0.2, 0) is 4.74 Å². The van der Waals surface area contributed by atoms with Gasteiger partial charge in [0.05, 0.1) is 31.2 Å². The summed E-state index contributed by atoms with van der Waals surface area (Å²) < 4.78 is 11.3. The molecule has 2 fully saturated rings. The molecule has 1 aromatic heterocycles. The van der Waals surface area contributed by atoms with Gasteiger partial charge in [0.2, 0.25) is 5.95 Å². The molecule has 28 heavy (non-hydrogen) atoms. The Labute approximate surface area is 168 Å². The van der Waals surface area contributed by atoms with Gasteiger partial charge in [0.1, 0.15) is 16.6 Å². The fourth-order valence-electron chi connectivity index (χ4n) is 3.61. The summed E-state index contributed by atoms with van der Waals surface area (Å²) in [5.41, 5.74) is 1.24. The number of carbonyl (C=O) groups is 1. The number of carbonyl (C=O) groups excluding carboxylic acids is 1. The summed E-state index contributed by atoms with van der Waals surface area (Å²) in [7, 11) is 3.29. The summed E-state index contributed by atoms with van der Waals surface area (Å²) in [5.74, 6) is 1.42. The van der Waals surface area contributed by atoms with Gasteiger partial charge in [-0.15, -0.1) is 0 Å². The van der Waals surface area contributed by atoms with E-state index in [1.165, 1.54) is 6.20 Å². The van der Waals surface area contributed by atoms with Crippen LogP contribution >= 0.6 is 11.6 Å². The number of fused-ring (bicyclic) bond motifs is 2. The monoisotopic (exact) mass is 403 g/mol. The summed E-state index contributed by atoms with van der Waals surface area (Å²) in [6, 6.07) is 5.30. The second-order valence-electron chi connectivity index (χ2n) is 6.85. The topological polar surface area (TPSA) is 88.6 Å². The normalized spacial score (nSPS) is 20.8. The number of hydrogen-bond acceptors (Lipinski definition) is 7. The minimum absolute atomic E-state index is 0.00902. The predicted molar refractivity (Wildman–Crippen MR) is 107 cm³/mol. The number of hydrogen-bond donors (Lipinski definition) is 2. The Morgan fingerprint density at radius 3 is 2.75 bits per heavy atom. The maximum absolute atomic E-state index is 12.9. The van der Waals surface area contributed by atoms with Gasteiger partial charge in [-0.3, -0.25) is 4.79 Å². The fourth-order valence-corrected chi connectivity index (χ4v) is 3.80. The number of aromatic nitrogens is 2. The predicted octanol–water partition coefficient (Wildman–Crippen LogP) is 2.93. The first-order valence-corrected chi connectivity index (χ1v) is 9.55. The SMILES string of the molecule is CNc1nc(Nc2ccc(C(=O)N3CC4CCC(C3)O4)cc2OC)ncc1Cl. The molecule has 2 atom stereocenters. The van der Waals surface area contributed by atoms with Crippen LogP contribution in [-0.4, -0.2) is 60.2 Å². The highest BCUT2D eigenvalue weighted by Gasteiger charge is 2.36. The fraction of sp³-hybridized carbons (Fsp3) is 0.421. The van der Waals surface area contributed by atoms with Crippen LogP contribution in [0.15, 0.2) is 24.4 Å². The molecular formula is C19H22ClN5O3. The summed E-state index contributed by atoms with van der Waals surface area (Å²) in [5, 5.41) is 6.44. The lowest BCUT2D eigenvalue weighted by Gasteiger charge is -2.32. The number of anilines is 3. The maximum atomic E-state index is 12.9. The van der Waals surface area contributed by atoms with Crippen LogP contribution in [0.2, 0.25) is 5.02 Å². The van der Waals surface area contributed by atoms with Gasteiger partial charge in [0, 0.05) is 25.7 Å². The van der Waals surface area contributed by atoms with E-state index in [2.05, 4.69) is 20.6 Å². The van der Waals surface area contributed by atoms with Crippen molar-refractivity contribution in [2.75, 3.05) is 37.9 Å². The molecule has 3 heterocycles. The van der Waals surface area contributed by atoms with Crippen molar-refractivity contribution >= 4 is 35.0 Å². The van der Waals surface area contributed by atoms with Crippen LogP contribution in [0.3, 0.4) is 0 Å². The summed E-state index contributed by atoms with van der Waals surface area (Å²) in [6.45, 7) is 1.28. The molecule has 148 valence electrons. The standard InChI is InChI=1S/C19H22ClN5O3/c1-21-17-14(20)8-22-19(24-17)23-15-6-3-11(7-16(15)27-2)18(26)25-9-12-4-5-13(10-25)28-12/h3,6-8,12-13H,4-5,9-10H2,1-2H3,(H2,21,22,23,24). The van der Waals surface area contributed by atoms with Crippen molar-refractivity contribution in [3.05, 3.63) is 35.0 Å². The number of nitrogens with one attached hydrogen (secondary N) is 2. The second kappa shape index (κ2) is 7.81. The van der Waals surface area contributed by atoms with Crippen LogP contribution < -0.4 is 15.4 Å². The zero-order chi connectivity index (χ0) is 19.7. The third-order valence-electron chi connectivity index (χ3n) is 5.01. The van der Waals surface area contributed by atoms with Crippen molar-refractivity contribution < 1.29 is 14.3 Å². The van der Waals surface area contributed by atoms with Crippen LogP contribution in [0.4, 0.5) is 17.5 Å². The smallest absolute Gasteiger partial charge is 0.254 e. The number of likely N-dealkylation sites (tertiary alicyclic amines) is 1. The zero-order valence-corrected chi connectivity index (χ0v) is 16.5. The van der Waals surface area contributed by atoms with E-state index < -0.39 is 0 Å². The Bertz CT molecular complexity index is 882. The van der Waals surface area contributed by atoms with E-state index in [0.717, 1.165) is 12.8 Å². The molecule has 0 aliphatic carbocycles. The van der Waals surface area contributed by atoms with Crippen molar-refractivity contribution in [3.63, 3.8) is 0 Å². The highest BCUT2D eigenvalue weighted by atomic mass is 35.5. The third kappa shape index (κ3) is 3.70. The van der Waals surface area contributed by atoms with Gasteiger partial charge < -0.3 is 25.0 Å². The lowest BCUT2D eigenvalue weighted by molar-refractivity contribution is -0.0303. The molecule has 2 saturated heterocycles. The van der Waals surface area contributed by atoms with Crippen LogP contribution in [0.25, 0.3) is 0 Å². The number of halogens is 1. The average Bonchev–Trinajstić information content (AvgIpc) is 3.06. The van der Waals surface area contributed by atoms with Gasteiger partial charge in [-0.2, -0.15) is 4.98 Å². The maximum Gasteiger partial charge on any atom is 0.254 e. The van der Waals surface area contributed by atoms with E-state index in [1.54, 1.807) is 32.4 Å². The van der Waals surface area contributed by atoms with E-state index in [4.69, 9.17) is 21.1 Å². The molecule has 1 amide bonds.